The van der Waals surface area contributed by atoms with Crippen molar-refractivity contribution in [3.05, 3.63) is 12.2 Å². The van der Waals surface area contributed by atoms with E-state index in [1.165, 1.54) is 12.0 Å². The van der Waals surface area contributed by atoms with E-state index in [1.54, 1.807) is 0 Å². The Hall–Kier alpha value is -0.790. The topological polar surface area (TPSA) is 20.3 Å². The molecule has 154 valence electrons. The zero-order valence-corrected chi connectivity index (χ0v) is 19.5. The van der Waals surface area contributed by atoms with Gasteiger partial charge >= 0.3 is 0 Å². The Morgan fingerprint density at radius 3 is 2.22 bits per heavy atom. The molecule has 3 rings (SSSR count). The first kappa shape index (κ1) is 20.9. The zero-order chi connectivity index (χ0) is 20.6. The molecule has 1 saturated heterocycles. The molecule has 1 unspecified atom stereocenters. The van der Waals surface area contributed by atoms with Gasteiger partial charge in [-0.1, -0.05) is 67.5 Å². The minimum atomic E-state index is -0.220. The summed E-state index contributed by atoms with van der Waals surface area (Å²) in [6.45, 7) is 23.7. The Bertz CT molecular complexity index is 654. The molecule has 3 fully saturated rings. The quantitative estimate of drug-likeness (QED) is 0.520. The van der Waals surface area contributed by atoms with Crippen molar-refractivity contribution in [2.75, 3.05) is 7.05 Å². The largest absolute Gasteiger partial charge is 0.335 e. The summed E-state index contributed by atoms with van der Waals surface area (Å²) in [7, 11) is 2.11. The van der Waals surface area contributed by atoms with E-state index >= 15 is 0 Å². The molecule has 2 saturated carbocycles. The molecule has 0 aromatic carbocycles. The van der Waals surface area contributed by atoms with Crippen molar-refractivity contribution in [1.29, 1.82) is 0 Å². The number of likely N-dealkylation sites (tertiary alicyclic amines) is 1. The van der Waals surface area contributed by atoms with Gasteiger partial charge in [0.15, 0.2) is 0 Å². The summed E-state index contributed by atoms with van der Waals surface area (Å²) in [5.41, 5.74) is 1.40. The van der Waals surface area contributed by atoms with E-state index in [0.29, 0.717) is 23.2 Å². The van der Waals surface area contributed by atoms with Gasteiger partial charge in [0, 0.05) is 13.0 Å². The second-order valence-electron chi connectivity index (χ2n) is 12.5. The molecule has 2 bridgehead atoms. The van der Waals surface area contributed by atoms with E-state index in [-0.39, 0.29) is 21.8 Å². The summed E-state index contributed by atoms with van der Waals surface area (Å²) in [6.07, 6.45) is 6.57. The fourth-order valence-corrected chi connectivity index (χ4v) is 7.41. The molecule has 0 aromatic heterocycles. The van der Waals surface area contributed by atoms with Gasteiger partial charge in [0.25, 0.3) is 0 Å². The highest BCUT2D eigenvalue weighted by atomic mass is 16.2. The number of hydrogen-bond acceptors (Lipinski definition) is 1. The molecule has 2 nitrogen and oxygen atoms in total. The SMILES string of the molecule is C=C(CC(C)C)[C@]12C3CC(C)(C)CC[C@@]3(CC[C@@]1(C)C(C)(C)C)C(=O)N2C. The monoisotopic (exact) mass is 373 g/mol. The third-order valence-corrected chi connectivity index (χ3v) is 9.20. The predicted octanol–water partition coefficient (Wildman–Crippen LogP) is 6.46. The van der Waals surface area contributed by atoms with E-state index in [9.17, 15) is 4.79 Å². The summed E-state index contributed by atoms with van der Waals surface area (Å²) < 4.78 is 0. The average Bonchev–Trinajstić information content (AvgIpc) is 2.64. The first-order valence-electron chi connectivity index (χ1n) is 11.1. The number of amides is 1. The van der Waals surface area contributed by atoms with Gasteiger partial charge in [-0.3, -0.25) is 4.79 Å². The Labute approximate surface area is 168 Å². The highest BCUT2D eigenvalue weighted by Crippen LogP contribution is 2.74. The van der Waals surface area contributed by atoms with Crippen LogP contribution in [-0.2, 0) is 4.79 Å². The molecule has 2 heteroatoms. The van der Waals surface area contributed by atoms with Crippen LogP contribution < -0.4 is 0 Å². The maximum Gasteiger partial charge on any atom is 0.229 e. The molecule has 4 atom stereocenters. The van der Waals surface area contributed by atoms with Crippen LogP contribution in [0.15, 0.2) is 12.2 Å². The number of hydrogen-bond donors (Lipinski definition) is 0. The van der Waals surface area contributed by atoms with Crippen LogP contribution in [0.3, 0.4) is 0 Å². The molecule has 0 radical (unpaired) electrons. The highest BCUT2D eigenvalue weighted by molar-refractivity contribution is 5.89. The van der Waals surface area contributed by atoms with E-state index in [2.05, 4.69) is 67.3 Å². The lowest BCUT2D eigenvalue weighted by Crippen LogP contribution is -2.67. The maximum absolute atomic E-state index is 13.8. The molecular weight excluding hydrogens is 330 g/mol. The predicted molar refractivity (Wildman–Crippen MR) is 114 cm³/mol. The summed E-state index contributed by atoms with van der Waals surface area (Å²) in [6, 6.07) is 0. The molecule has 1 amide bonds. The van der Waals surface area contributed by atoms with Crippen molar-refractivity contribution in [2.45, 2.75) is 99.5 Å². The van der Waals surface area contributed by atoms with E-state index in [0.717, 1.165) is 32.1 Å². The van der Waals surface area contributed by atoms with E-state index < -0.39 is 0 Å². The Kier molecular flexibility index (Phi) is 4.54. The van der Waals surface area contributed by atoms with Crippen LogP contribution in [0.1, 0.15) is 93.9 Å². The Morgan fingerprint density at radius 2 is 1.70 bits per heavy atom. The molecule has 1 heterocycles. The second kappa shape index (κ2) is 5.86. The summed E-state index contributed by atoms with van der Waals surface area (Å²) in [5.74, 6) is 1.38. The van der Waals surface area contributed by atoms with Crippen LogP contribution in [0.4, 0.5) is 0 Å². The second-order valence-corrected chi connectivity index (χ2v) is 12.5. The lowest BCUT2D eigenvalue weighted by Gasteiger charge is -2.65. The molecular formula is C25H43NO. The van der Waals surface area contributed by atoms with Gasteiger partial charge in [0.05, 0.1) is 11.0 Å². The van der Waals surface area contributed by atoms with Gasteiger partial charge in [-0.15, -0.1) is 0 Å². The minimum Gasteiger partial charge on any atom is -0.335 e. The van der Waals surface area contributed by atoms with Gasteiger partial charge < -0.3 is 4.90 Å². The van der Waals surface area contributed by atoms with Gasteiger partial charge in [0.1, 0.15) is 0 Å². The van der Waals surface area contributed by atoms with Crippen LogP contribution in [-0.4, -0.2) is 23.4 Å². The molecule has 0 aromatic rings. The first-order chi connectivity index (χ1) is 12.2. The fraction of sp³-hybridized carbons (Fsp3) is 0.880. The van der Waals surface area contributed by atoms with Crippen molar-refractivity contribution >= 4 is 5.91 Å². The van der Waals surface area contributed by atoms with Crippen molar-refractivity contribution in [2.24, 2.45) is 33.5 Å². The lowest BCUT2D eigenvalue weighted by atomic mass is 9.40. The van der Waals surface area contributed by atoms with Gasteiger partial charge in [-0.25, -0.2) is 0 Å². The lowest BCUT2D eigenvalue weighted by molar-refractivity contribution is -0.138. The Morgan fingerprint density at radius 1 is 1.15 bits per heavy atom. The fourth-order valence-electron chi connectivity index (χ4n) is 7.41. The van der Waals surface area contributed by atoms with Crippen molar-refractivity contribution in [3.63, 3.8) is 0 Å². The molecule has 2 aliphatic carbocycles. The van der Waals surface area contributed by atoms with Crippen LogP contribution in [0, 0.1) is 33.5 Å². The number of likely N-dealkylation sites (N-methyl/N-ethyl adjacent to an activating group) is 1. The van der Waals surface area contributed by atoms with Gasteiger partial charge in [-0.05, 0) is 60.7 Å². The molecule has 0 N–H and O–H groups in total. The number of carbonyl (C=O) groups excluding carboxylic acids is 1. The molecule has 3 aliphatic rings. The van der Waals surface area contributed by atoms with Gasteiger partial charge in [-0.2, -0.15) is 0 Å². The smallest absolute Gasteiger partial charge is 0.229 e. The summed E-state index contributed by atoms with van der Waals surface area (Å²) >= 11 is 0. The van der Waals surface area contributed by atoms with Crippen molar-refractivity contribution in [1.82, 2.24) is 4.90 Å². The van der Waals surface area contributed by atoms with E-state index in [4.69, 9.17) is 6.58 Å². The standard InChI is InChI=1S/C25H43NO/c1-17(2)15-18(3)25-19-16-22(7,8)11-13-24(19,20(27)26(25)10)14-12-23(25,9)21(4,5)6/h17,19H,3,11-16H2,1-2,4-10H3/t19?,23-,24-,25-/m0/s1. The summed E-state index contributed by atoms with van der Waals surface area (Å²) in [4.78, 5) is 16.1. The van der Waals surface area contributed by atoms with Crippen LogP contribution in [0.5, 0.6) is 0 Å². The third kappa shape index (κ3) is 2.47. The van der Waals surface area contributed by atoms with Crippen LogP contribution >= 0.6 is 0 Å². The number of carbonyl (C=O) groups is 1. The molecule has 1 aliphatic heterocycles. The Balaban J connectivity index is 2.29. The van der Waals surface area contributed by atoms with Gasteiger partial charge in [0.2, 0.25) is 5.91 Å². The number of nitrogens with zero attached hydrogens (tertiary/aromatic N) is 1. The maximum atomic E-state index is 13.8. The van der Waals surface area contributed by atoms with Crippen molar-refractivity contribution in [3.8, 4) is 0 Å². The van der Waals surface area contributed by atoms with Crippen LogP contribution in [0.25, 0.3) is 0 Å². The van der Waals surface area contributed by atoms with Crippen LogP contribution in [0.2, 0.25) is 0 Å². The number of rotatable bonds is 3. The summed E-state index contributed by atoms with van der Waals surface area (Å²) in [5, 5.41) is 0. The average molecular weight is 374 g/mol. The zero-order valence-electron chi connectivity index (χ0n) is 19.5. The van der Waals surface area contributed by atoms with Crippen molar-refractivity contribution < 1.29 is 4.79 Å². The molecule has 0 spiro atoms. The third-order valence-electron chi connectivity index (χ3n) is 9.20. The normalized spacial score (nSPS) is 41.0. The molecule has 27 heavy (non-hydrogen) atoms. The highest BCUT2D eigenvalue weighted by Gasteiger charge is 2.77. The van der Waals surface area contributed by atoms with E-state index in [1.807, 2.05) is 0 Å². The minimum absolute atomic E-state index is 0.0362. The first-order valence-corrected chi connectivity index (χ1v) is 11.1.